The average molecular weight is 372 g/mol. The number of benzene rings is 2. The number of carboxylic acid groups (broad SMARTS) is 1. The van der Waals surface area contributed by atoms with E-state index in [2.05, 4.69) is 6.07 Å². The first-order valence-electron chi connectivity index (χ1n) is 9.40. The van der Waals surface area contributed by atoms with E-state index in [1.165, 1.54) is 5.56 Å². The van der Waals surface area contributed by atoms with Gasteiger partial charge in [-0.1, -0.05) is 50.2 Å². The Kier molecular flexibility index (Phi) is 7.82. The molecule has 2 aromatic rings. The first-order chi connectivity index (χ1) is 12.9. The van der Waals surface area contributed by atoms with Crippen LogP contribution in [0.4, 0.5) is 0 Å². The highest BCUT2D eigenvalue weighted by Gasteiger charge is 2.18. The molecule has 0 fully saturated rings. The average Bonchev–Trinajstić information content (AvgIpc) is 2.66. The number of aliphatic hydroxyl groups excluding tert-OH is 1. The van der Waals surface area contributed by atoms with Crippen molar-refractivity contribution in [3.05, 3.63) is 64.7 Å². The lowest BCUT2D eigenvalue weighted by Gasteiger charge is -2.17. The van der Waals surface area contributed by atoms with Gasteiger partial charge in [-0.05, 0) is 54.9 Å². The molecule has 0 aromatic heterocycles. The summed E-state index contributed by atoms with van der Waals surface area (Å²) in [6.07, 6.45) is 1.74. The van der Waals surface area contributed by atoms with E-state index in [0.717, 1.165) is 36.8 Å². The number of carbonyl (C=O) groups is 1. The second-order valence-electron chi connectivity index (χ2n) is 6.62. The van der Waals surface area contributed by atoms with Crippen LogP contribution in [0, 0.1) is 0 Å². The summed E-state index contributed by atoms with van der Waals surface area (Å²) in [5.74, 6) is -0.294. The van der Waals surface area contributed by atoms with Crippen molar-refractivity contribution in [1.82, 2.24) is 0 Å². The van der Waals surface area contributed by atoms with Crippen molar-refractivity contribution >= 4 is 5.97 Å². The molecular formula is C22H28O5. The molecule has 0 saturated carbocycles. The number of carboxylic acids is 1. The highest BCUT2D eigenvalue weighted by atomic mass is 16.5. The van der Waals surface area contributed by atoms with E-state index in [1.807, 2.05) is 31.2 Å². The van der Waals surface area contributed by atoms with E-state index in [9.17, 15) is 9.90 Å². The van der Waals surface area contributed by atoms with Gasteiger partial charge in [-0.15, -0.1) is 0 Å². The van der Waals surface area contributed by atoms with Crippen LogP contribution in [0.25, 0.3) is 0 Å². The minimum atomic E-state index is -1.43. The zero-order chi connectivity index (χ0) is 19.8. The van der Waals surface area contributed by atoms with Crippen LogP contribution >= 0.6 is 0 Å². The largest absolute Gasteiger partial charge is 0.479 e. The van der Waals surface area contributed by atoms with Gasteiger partial charge in [-0.3, -0.25) is 0 Å². The molecule has 0 aliphatic carbocycles. The minimum Gasteiger partial charge on any atom is -0.479 e. The summed E-state index contributed by atoms with van der Waals surface area (Å²) in [4.78, 5) is 11.2. The van der Waals surface area contributed by atoms with E-state index in [0.29, 0.717) is 17.7 Å². The van der Waals surface area contributed by atoms with Gasteiger partial charge >= 0.3 is 5.97 Å². The summed E-state index contributed by atoms with van der Waals surface area (Å²) in [5.41, 5.74) is 3.87. The second-order valence-corrected chi connectivity index (χ2v) is 6.62. The van der Waals surface area contributed by atoms with Crippen LogP contribution in [0.1, 0.15) is 55.2 Å². The quantitative estimate of drug-likeness (QED) is 0.554. The number of rotatable bonds is 10. The molecule has 0 aliphatic heterocycles. The molecule has 0 radical (unpaired) electrons. The molecule has 1 unspecified atom stereocenters. The molecule has 1 atom stereocenters. The molecule has 3 N–H and O–H groups in total. The van der Waals surface area contributed by atoms with Crippen molar-refractivity contribution in [3.8, 4) is 5.75 Å². The maximum Gasteiger partial charge on any atom is 0.344 e. The predicted octanol–water partition coefficient (Wildman–Crippen LogP) is 3.65. The highest BCUT2D eigenvalue weighted by molar-refractivity contribution is 5.72. The Bertz CT molecular complexity index is 737. The van der Waals surface area contributed by atoms with Crippen LogP contribution in [-0.4, -0.2) is 27.4 Å². The van der Waals surface area contributed by atoms with Crippen LogP contribution in [-0.2, 0) is 24.1 Å². The molecule has 27 heavy (non-hydrogen) atoms. The summed E-state index contributed by atoms with van der Waals surface area (Å²) in [5, 5.41) is 27.4. The third-order valence-corrected chi connectivity index (χ3v) is 4.63. The lowest BCUT2D eigenvalue weighted by Crippen LogP contribution is -2.26. The van der Waals surface area contributed by atoms with E-state index in [1.54, 1.807) is 19.1 Å². The summed E-state index contributed by atoms with van der Waals surface area (Å²) in [6.45, 7) is 3.83. The van der Waals surface area contributed by atoms with Crippen molar-refractivity contribution in [3.63, 3.8) is 0 Å². The van der Waals surface area contributed by atoms with Gasteiger partial charge in [0.2, 0.25) is 0 Å². The monoisotopic (exact) mass is 372 g/mol. The maximum absolute atomic E-state index is 11.2. The van der Waals surface area contributed by atoms with Crippen molar-refractivity contribution in [1.29, 1.82) is 0 Å². The van der Waals surface area contributed by atoms with Gasteiger partial charge in [0, 0.05) is 5.56 Å². The van der Waals surface area contributed by atoms with Crippen LogP contribution < -0.4 is 4.74 Å². The molecule has 0 spiro atoms. The molecule has 146 valence electrons. The van der Waals surface area contributed by atoms with Gasteiger partial charge < -0.3 is 20.1 Å². The molecular weight excluding hydrogens is 344 g/mol. The first kappa shape index (κ1) is 20.9. The zero-order valence-electron chi connectivity index (χ0n) is 15.9. The van der Waals surface area contributed by atoms with Gasteiger partial charge in [0.25, 0.3) is 0 Å². The number of hydrogen-bond acceptors (Lipinski definition) is 4. The van der Waals surface area contributed by atoms with Crippen LogP contribution in [0.3, 0.4) is 0 Å². The van der Waals surface area contributed by atoms with Crippen molar-refractivity contribution in [2.24, 2.45) is 0 Å². The van der Waals surface area contributed by atoms with Crippen molar-refractivity contribution in [2.75, 3.05) is 0 Å². The molecule has 0 saturated heterocycles. The Balaban J connectivity index is 1.95. The Morgan fingerprint density at radius 2 is 1.63 bits per heavy atom. The van der Waals surface area contributed by atoms with E-state index >= 15 is 0 Å². The maximum atomic E-state index is 11.2. The smallest absolute Gasteiger partial charge is 0.344 e. The molecule has 0 aliphatic rings. The predicted molar refractivity (Wildman–Crippen MR) is 104 cm³/mol. The van der Waals surface area contributed by atoms with E-state index < -0.39 is 18.4 Å². The summed E-state index contributed by atoms with van der Waals surface area (Å²) in [6, 6.07) is 13.3. The fourth-order valence-corrected chi connectivity index (χ4v) is 2.99. The van der Waals surface area contributed by atoms with Crippen molar-refractivity contribution < 1.29 is 24.9 Å². The molecule has 2 rings (SSSR count). The molecule has 0 amide bonds. The van der Waals surface area contributed by atoms with E-state index in [-0.39, 0.29) is 0 Å². The van der Waals surface area contributed by atoms with Gasteiger partial charge in [0.15, 0.2) is 12.4 Å². The molecule has 0 bridgehead atoms. The summed E-state index contributed by atoms with van der Waals surface area (Å²) in [7, 11) is 0. The van der Waals surface area contributed by atoms with Gasteiger partial charge in [0.05, 0.1) is 0 Å². The first-order valence-corrected chi connectivity index (χ1v) is 9.40. The number of aliphatic hydroxyl groups is 2. The van der Waals surface area contributed by atoms with Gasteiger partial charge in [0.1, 0.15) is 5.75 Å². The highest BCUT2D eigenvalue weighted by Crippen LogP contribution is 2.24. The third kappa shape index (κ3) is 6.08. The Morgan fingerprint density at radius 3 is 2.19 bits per heavy atom. The lowest BCUT2D eigenvalue weighted by molar-refractivity contribution is -0.145. The number of aryl methyl sites for hydroxylation is 3. The van der Waals surface area contributed by atoms with Crippen LogP contribution in [0.15, 0.2) is 42.5 Å². The van der Waals surface area contributed by atoms with Gasteiger partial charge in [-0.25, -0.2) is 4.79 Å². The third-order valence-electron chi connectivity index (χ3n) is 4.63. The summed E-state index contributed by atoms with van der Waals surface area (Å²) < 4.78 is 5.67. The molecule has 0 heterocycles. The Labute approximate surface area is 160 Å². The zero-order valence-corrected chi connectivity index (χ0v) is 15.9. The number of hydrogen-bond donors (Lipinski definition) is 3. The number of ether oxygens (including phenoxy) is 1. The fourth-order valence-electron chi connectivity index (χ4n) is 2.99. The second kappa shape index (κ2) is 10.1. The minimum absolute atomic E-state index is 0.423. The molecule has 2 aromatic carbocycles. The molecule has 5 nitrogen and oxygen atoms in total. The van der Waals surface area contributed by atoms with Crippen molar-refractivity contribution in [2.45, 2.75) is 58.3 Å². The Hall–Kier alpha value is -2.37. The van der Waals surface area contributed by atoms with Crippen LogP contribution in [0.2, 0.25) is 0 Å². The molecule has 5 heteroatoms. The van der Waals surface area contributed by atoms with Gasteiger partial charge in [-0.2, -0.15) is 0 Å². The fraction of sp³-hybridized carbons (Fsp3) is 0.409. The van der Waals surface area contributed by atoms with Crippen LogP contribution in [0.5, 0.6) is 5.75 Å². The SMILES string of the molecule is CCc1cc(CCCc2ccc(C(O)O)cc2)ccc1OC(CC)C(=O)O. The van der Waals surface area contributed by atoms with E-state index in [4.69, 9.17) is 14.9 Å². The lowest BCUT2D eigenvalue weighted by atomic mass is 10.0. The topological polar surface area (TPSA) is 87.0 Å². The number of aliphatic carboxylic acids is 1. The Morgan fingerprint density at radius 1 is 1.00 bits per heavy atom. The standard InChI is InChI=1S/C22H28O5/c1-3-17-14-16(10-13-20(17)27-19(4-2)22(25)26)7-5-6-15-8-11-18(12-9-15)21(23)24/h8-14,19,21,23-24H,3-7H2,1-2H3,(H,25,26). The summed E-state index contributed by atoms with van der Waals surface area (Å²) >= 11 is 0. The normalized spacial score (nSPS) is 12.2.